The van der Waals surface area contributed by atoms with E-state index in [2.05, 4.69) is 10.3 Å². The molecule has 0 saturated carbocycles. The first-order chi connectivity index (χ1) is 14.5. The van der Waals surface area contributed by atoms with Crippen molar-refractivity contribution >= 4 is 37.6 Å². The molecule has 2 aromatic carbocycles. The number of carbonyl (C=O) groups excluding carboxylic acids is 1. The van der Waals surface area contributed by atoms with Crippen LogP contribution >= 0.6 is 11.3 Å². The molecule has 0 saturated heterocycles. The number of rotatable bonds is 3. The van der Waals surface area contributed by atoms with Gasteiger partial charge in [-0.3, -0.25) is 9.59 Å². The molecule has 0 atom stereocenters. The lowest BCUT2D eigenvalue weighted by molar-refractivity contribution is 0.101. The fourth-order valence-electron chi connectivity index (χ4n) is 3.50. The van der Waals surface area contributed by atoms with Gasteiger partial charge in [0.15, 0.2) is 5.78 Å². The first kappa shape index (κ1) is 18.3. The van der Waals surface area contributed by atoms with E-state index >= 15 is 0 Å². The van der Waals surface area contributed by atoms with Crippen molar-refractivity contribution in [3.63, 3.8) is 0 Å². The van der Waals surface area contributed by atoms with Crippen LogP contribution in [0.2, 0.25) is 0 Å². The zero-order valence-electron chi connectivity index (χ0n) is 16.3. The number of fused-ring (bicyclic) bond motifs is 3. The Morgan fingerprint density at radius 3 is 2.60 bits per heavy atom. The summed E-state index contributed by atoms with van der Waals surface area (Å²) in [5, 5.41) is 9.30. The van der Waals surface area contributed by atoms with Gasteiger partial charge in [-0.05, 0) is 37.6 Å². The second kappa shape index (κ2) is 6.96. The summed E-state index contributed by atoms with van der Waals surface area (Å²) in [6.07, 6.45) is 0. The topological polar surface area (TPSA) is 77.7 Å². The Labute approximate surface area is 175 Å². The largest absolute Gasteiger partial charge is 0.295 e. The number of thiophene rings is 1. The van der Waals surface area contributed by atoms with Gasteiger partial charge in [0.25, 0.3) is 5.56 Å². The summed E-state index contributed by atoms with van der Waals surface area (Å²) >= 11 is 1.31. The molecule has 3 heterocycles. The van der Waals surface area contributed by atoms with E-state index in [-0.39, 0.29) is 11.3 Å². The average molecular weight is 412 g/mol. The Morgan fingerprint density at radius 2 is 1.83 bits per heavy atom. The van der Waals surface area contributed by atoms with E-state index in [9.17, 15) is 9.59 Å². The molecule has 3 aromatic heterocycles. The highest BCUT2D eigenvalue weighted by atomic mass is 32.1. The van der Waals surface area contributed by atoms with Gasteiger partial charge in [0, 0.05) is 22.2 Å². The van der Waals surface area contributed by atoms with Crippen molar-refractivity contribution in [1.82, 2.24) is 20.0 Å². The van der Waals surface area contributed by atoms with Crippen LogP contribution in [0.1, 0.15) is 23.0 Å². The quantitative estimate of drug-likeness (QED) is 0.406. The molecule has 0 amide bonds. The Morgan fingerprint density at radius 1 is 1.03 bits per heavy atom. The Hall–Kier alpha value is -3.71. The minimum atomic E-state index is -0.275. The molecule has 0 N–H and O–H groups in total. The van der Waals surface area contributed by atoms with Crippen molar-refractivity contribution in [3.8, 4) is 16.8 Å². The van der Waals surface area contributed by atoms with Crippen molar-refractivity contribution in [1.29, 1.82) is 0 Å². The van der Waals surface area contributed by atoms with Crippen molar-refractivity contribution in [2.75, 3.05) is 0 Å². The average Bonchev–Trinajstić information content (AvgIpc) is 3.12. The van der Waals surface area contributed by atoms with Crippen LogP contribution in [-0.2, 0) is 0 Å². The van der Waals surface area contributed by atoms with Gasteiger partial charge in [0.2, 0.25) is 0 Å². The number of nitrogens with zero attached hydrogens (tertiary/aromatic N) is 4. The van der Waals surface area contributed by atoms with Gasteiger partial charge in [0.05, 0.1) is 5.69 Å². The monoisotopic (exact) mass is 412 g/mol. The number of carbonyl (C=O) groups is 1. The molecule has 0 aliphatic heterocycles. The zero-order valence-corrected chi connectivity index (χ0v) is 17.1. The highest BCUT2D eigenvalue weighted by Gasteiger charge is 2.17. The molecule has 30 heavy (non-hydrogen) atoms. The van der Waals surface area contributed by atoms with E-state index in [0.29, 0.717) is 21.5 Å². The maximum Gasteiger partial charge on any atom is 0.292 e. The first-order valence-corrected chi connectivity index (χ1v) is 10.2. The summed E-state index contributed by atoms with van der Waals surface area (Å²) in [5.41, 5.74) is 4.25. The first-order valence-electron chi connectivity index (χ1n) is 9.39. The van der Waals surface area contributed by atoms with Crippen molar-refractivity contribution in [3.05, 3.63) is 82.3 Å². The zero-order chi connectivity index (χ0) is 20.8. The van der Waals surface area contributed by atoms with Crippen LogP contribution in [0.5, 0.6) is 0 Å². The number of aryl methyl sites for hydroxylation is 1. The fourth-order valence-corrected chi connectivity index (χ4v) is 4.57. The van der Waals surface area contributed by atoms with E-state index in [1.807, 2.05) is 43.3 Å². The minimum absolute atomic E-state index is 0.0751. The van der Waals surface area contributed by atoms with E-state index in [4.69, 9.17) is 4.98 Å². The van der Waals surface area contributed by atoms with Gasteiger partial charge in [-0.15, -0.1) is 16.4 Å². The molecule has 0 unspecified atom stereocenters. The highest BCUT2D eigenvalue weighted by molar-refractivity contribution is 7.25. The van der Waals surface area contributed by atoms with Crippen molar-refractivity contribution < 1.29 is 4.79 Å². The molecule has 0 aliphatic rings. The summed E-state index contributed by atoms with van der Waals surface area (Å²) in [5.74, 6) is -0.0751. The number of benzene rings is 2. The molecule has 0 spiro atoms. The Bertz CT molecular complexity index is 1500. The van der Waals surface area contributed by atoms with Gasteiger partial charge >= 0.3 is 0 Å². The van der Waals surface area contributed by atoms with Crippen molar-refractivity contribution in [2.45, 2.75) is 13.8 Å². The molecule has 6 nitrogen and oxygen atoms in total. The van der Waals surface area contributed by atoms with Crippen LogP contribution < -0.4 is 5.56 Å². The summed E-state index contributed by atoms with van der Waals surface area (Å²) in [4.78, 5) is 30.4. The Kier molecular flexibility index (Phi) is 4.25. The standard InChI is InChI=1S/C23H16N4O2S/c1-13-18(15-7-4-3-5-8-15)12-19-20-21(30-22(19)24-13)23(29)27(26-25-20)17-10-6-9-16(11-17)14(2)28/h3-12H,1-2H3. The highest BCUT2D eigenvalue weighted by Crippen LogP contribution is 2.33. The molecule has 7 heteroatoms. The maximum absolute atomic E-state index is 13.2. The second-order valence-corrected chi connectivity index (χ2v) is 8.03. The molecule has 146 valence electrons. The van der Waals surface area contributed by atoms with Gasteiger partial charge in [-0.2, -0.15) is 4.68 Å². The summed E-state index contributed by atoms with van der Waals surface area (Å²) in [6, 6.07) is 18.9. The third-order valence-corrected chi connectivity index (χ3v) is 6.13. The van der Waals surface area contributed by atoms with Crippen LogP contribution in [0, 0.1) is 6.92 Å². The normalized spacial score (nSPS) is 11.3. The van der Waals surface area contributed by atoms with E-state index in [0.717, 1.165) is 27.0 Å². The van der Waals surface area contributed by atoms with Crippen molar-refractivity contribution in [2.24, 2.45) is 0 Å². The molecule has 5 rings (SSSR count). The van der Waals surface area contributed by atoms with Crippen LogP contribution in [0.4, 0.5) is 0 Å². The fraction of sp³-hybridized carbons (Fsp3) is 0.0870. The van der Waals surface area contributed by atoms with Gasteiger partial charge in [0.1, 0.15) is 15.0 Å². The SMILES string of the molecule is CC(=O)c1cccc(-n2nnc3c(sc4nc(C)c(-c5ccccc5)cc43)c2=O)c1. The lowest BCUT2D eigenvalue weighted by Gasteiger charge is -2.06. The van der Waals surface area contributed by atoms with Crippen LogP contribution in [0.25, 0.3) is 37.2 Å². The summed E-state index contributed by atoms with van der Waals surface area (Å²) < 4.78 is 1.72. The third-order valence-electron chi connectivity index (χ3n) is 5.05. The predicted molar refractivity (Wildman–Crippen MR) is 118 cm³/mol. The molecule has 0 radical (unpaired) electrons. The lowest BCUT2D eigenvalue weighted by Crippen LogP contribution is -2.21. The van der Waals surface area contributed by atoms with Gasteiger partial charge in [-0.1, -0.05) is 47.7 Å². The van der Waals surface area contributed by atoms with Gasteiger partial charge < -0.3 is 0 Å². The van der Waals surface area contributed by atoms with Crippen LogP contribution in [-0.4, -0.2) is 25.8 Å². The molecular weight excluding hydrogens is 396 g/mol. The Balaban J connectivity index is 1.73. The second-order valence-electron chi connectivity index (χ2n) is 7.03. The predicted octanol–water partition coefficient (Wildman–Crippen LogP) is 4.57. The molecule has 5 aromatic rings. The number of hydrogen-bond donors (Lipinski definition) is 0. The van der Waals surface area contributed by atoms with Gasteiger partial charge in [-0.25, -0.2) is 4.98 Å². The summed E-state index contributed by atoms with van der Waals surface area (Å²) in [7, 11) is 0. The maximum atomic E-state index is 13.2. The van der Waals surface area contributed by atoms with Crippen LogP contribution in [0.15, 0.2) is 65.5 Å². The molecule has 0 aliphatic carbocycles. The van der Waals surface area contributed by atoms with E-state index in [1.54, 1.807) is 24.3 Å². The number of aromatic nitrogens is 4. The van der Waals surface area contributed by atoms with Crippen LogP contribution in [0.3, 0.4) is 0 Å². The van der Waals surface area contributed by atoms with E-state index < -0.39 is 0 Å². The minimum Gasteiger partial charge on any atom is -0.295 e. The lowest BCUT2D eigenvalue weighted by atomic mass is 10.0. The third kappa shape index (κ3) is 2.91. The number of Topliss-reactive ketones (excluding diaryl/α,β-unsaturated/α-hetero) is 1. The number of ketones is 1. The number of hydrogen-bond acceptors (Lipinski definition) is 6. The van der Waals surface area contributed by atoms with E-state index in [1.165, 1.54) is 22.9 Å². The smallest absolute Gasteiger partial charge is 0.292 e. The molecular formula is C23H16N4O2S. The molecule has 0 fully saturated rings. The molecule has 0 bridgehead atoms. The summed E-state index contributed by atoms with van der Waals surface area (Å²) in [6.45, 7) is 3.45. The number of pyridine rings is 1.